The third-order valence-electron chi connectivity index (χ3n) is 4.82. The van der Waals surface area contributed by atoms with Crippen molar-refractivity contribution >= 4 is 21.6 Å². The van der Waals surface area contributed by atoms with Crippen LogP contribution in [0.2, 0.25) is 0 Å². The molecule has 0 aliphatic heterocycles. The summed E-state index contributed by atoms with van der Waals surface area (Å²) in [7, 11) is -4.12. The third-order valence-corrected chi connectivity index (χ3v) is 5.76. The lowest BCUT2D eigenvalue weighted by Gasteiger charge is -2.12. The van der Waals surface area contributed by atoms with Gasteiger partial charge in [-0.25, -0.2) is 27.0 Å². The van der Waals surface area contributed by atoms with Crippen molar-refractivity contribution in [3.05, 3.63) is 71.1 Å². The molecule has 0 aliphatic carbocycles. The predicted molar refractivity (Wildman–Crippen MR) is 112 cm³/mol. The van der Waals surface area contributed by atoms with Crippen molar-refractivity contribution in [2.45, 2.75) is 38.0 Å². The second kappa shape index (κ2) is 8.94. The zero-order chi connectivity index (χ0) is 22.8. The number of sulfonamides is 1. The Hall–Kier alpha value is -3.11. The van der Waals surface area contributed by atoms with Gasteiger partial charge < -0.3 is 5.32 Å². The van der Waals surface area contributed by atoms with E-state index in [1.807, 2.05) is 6.92 Å². The van der Waals surface area contributed by atoms with E-state index in [1.54, 1.807) is 19.3 Å². The summed E-state index contributed by atoms with van der Waals surface area (Å²) in [4.78, 5) is 12.3. The van der Waals surface area contributed by atoms with Crippen LogP contribution in [0.1, 0.15) is 30.5 Å². The van der Waals surface area contributed by atoms with E-state index >= 15 is 0 Å². The van der Waals surface area contributed by atoms with Crippen LogP contribution in [0.4, 0.5) is 14.5 Å². The van der Waals surface area contributed by atoms with Crippen LogP contribution in [-0.2, 0) is 34.1 Å². The first kappa shape index (κ1) is 22.6. The number of nitrogens with two attached hydrogens (primary N) is 1. The highest BCUT2D eigenvalue weighted by Gasteiger charge is 2.19. The molecule has 0 fully saturated rings. The number of amides is 1. The molecule has 10 heteroatoms. The van der Waals surface area contributed by atoms with Crippen LogP contribution in [0.3, 0.4) is 0 Å². The molecule has 1 heterocycles. The van der Waals surface area contributed by atoms with Crippen LogP contribution in [0.25, 0.3) is 5.69 Å². The summed E-state index contributed by atoms with van der Waals surface area (Å²) in [6.45, 7) is 3.71. The monoisotopic (exact) mass is 448 g/mol. The number of primary sulfonamides is 1. The molecule has 1 amide bonds. The number of carbonyl (C=O) groups excluding carboxylic acids is 1. The highest BCUT2D eigenvalue weighted by molar-refractivity contribution is 7.89. The first-order chi connectivity index (χ1) is 14.6. The van der Waals surface area contributed by atoms with Gasteiger partial charge in [0.25, 0.3) is 0 Å². The number of hydrogen-bond acceptors (Lipinski definition) is 4. The Balaban J connectivity index is 1.89. The zero-order valence-corrected chi connectivity index (χ0v) is 17.8. The Bertz CT molecular complexity index is 1240. The van der Waals surface area contributed by atoms with Crippen molar-refractivity contribution in [2.24, 2.45) is 5.14 Å². The van der Waals surface area contributed by atoms with Gasteiger partial charge in [-0.15, -0.1) is 0 Å². The molecule has 0 aliphatic rings. The number of carbonyl (C=O) groups is 1. The van der Waals surface area contributed by atoms with E-state index in [1.165, 1.54) is 22.9 Å². The maximum absolute atomic E-state index is 13.6. The Labute approximate surface area is 178 Å². The van der Waals surface area contributed by atoms with Gasteiger partial charge in [0, 0.05) is 11.9 Å². The van der Waals surface area contributed by atoms with Crippen molar-refractivity contribution in [1.82, 2.24) is 9.78 Å². The molecule has 0 bridgehead atoms. The number of aryl methyl sites for hydroxylation is 2. The number of nitrogens with zero attached hydrogens (tertiary/aromatic N) is 2. The van der Waals surface area contributed by atoms with Crippen molar-refractivity contribution < 1.29 is 22.0 Å². The number of aromatic nitrogens is 2. The predicted octanol–water partition coefficient (Wildman–Crippen LogP) is 3.10. The fraction of sp³-hybridized carbons (Fsp3) is 0.238. The number of rotatable bonds is 7. The van der Waals surface area contributed by atoms with E-state index in [0.29, 0.717) is 17.5 Å². The Morgan fingerprint density at radius 2 is 1.77 bits per heavy atom. The average Bonchev–Trinajstić information content (AvgIpc) is 3.19. The molecule has 3 N–H and O–H groups in total. The van der Waals surface area contributed by atoms with Crippen LogP contribution in [-0.4, -0.2) is 24.1 Å². The van der Waals surface area contributed by atoms with Crippen LogP contribution < -0.4 is 10.5 Å². The molecule has 31 heavy (non-hydrogen) atoms. The van der Waals surface area contributed by atoms with Gasteiger partial charge in [-0.2, -0.15) is 5.10 Å². The largest absolute Gasteiger partial charge is 0.326 e. The highest BCUT2D eigenvalue weighted by Crippen LogP contribution is 2.24. The number of hydrogen-bond donors (Lipinski definition) is 2. The minimum absolute atomic E-state index is 0.196. The third kappa shape index (κ3) is 5.15. The summed E-state index contributed by atoms with van der Waals surface area (Å²) in [5.74, 6) is -2.52. The molecule has 3 rings (SSSR count). The Morgan fingerprint density at radius 1 is 1.10 bits per heavy atom. The lowest BCUT2D eigenvalue weighted by atomic mass is 10.0. The van der Waals surface area contributed by atoms with Crippen LogP contribution >= 0.6 is 0 Å². The lowest BCUT2D eigenvalue weighted by Crippen LogP contribution is -2.18. The van der Waals surface area contributed by atoms with Gasteiger partial charge in [-0.3, -0.25) is 4.79 Å². The summed E-state index contributed by atoms with van der Waals surface area (Å²) in [5, 5.41) is 12.1. The minimum Gasteiger partial charge on any atom is -0.326 e. The maximum atomic E-state index is 13.6. The fourth-order valence-electron chi connectivity index (χ4n) is 3.18. The fourth-order valence-corrected chi connectivity index (χ4v) is 3.93. The van der Waals surface area contributed by atoms with E-state index < -0.39 is 27.6 Å². The van der Waals surface area contributed by atoms with Gasteiger partial charge >= 0.3 is 0 Å². The molecule has 0 atom stereocenters. The summed E-state index contributed by atoms with van der Waals surface area (Å²) in [6.07, 6.45) is 4.26. The smallest absolute Gasteiger partial charge is 0.240 e. The Kier molecular flexibility index (Phi) is 6.51. The number of halogens is 2. The van der Waals surface area contributed by atoms with Gasteiger partial charge in [0.15, 0.2) is 11.6 Å². The molecule has 7 nitrogen and oxygen atoms in total. The van der Waals surface area contributed by atoms with Gasteiger partial charge in [-0.05, 0) is 59.9 Å². The quantitative estimate of drug-likeness (QED) is 0.579. The molecule has 164 valence electrons. The molecule has 0 saturated carbocycles. The van der Waals surface area contributed by atoms with E-state index in [-0.39, 0.29) is 22.7 Å². The normalized spacial score (nSPS) is 11.5. The average molecular weight is 448 g/mol. The first-order valence-corrected chi connectivity index (χ1v) is 11.1. The van der Waals surface area contributed by atoms with Gasteiger partial charge in [0.05, 0.1) is 18.3 Å². The highest BCUT2D eigenvalue weighted by atomic mass is 32.2. The summed E-state index contributed by atoms with van der Waals surface area (Å²) >= 11 is 0. The first-order valence-electron chi connectivity index (χ1n) is 9.59. The van der Waals surface area contributed by atoms with Gasteiger partial charge in [0.1, 0.15) is 4.90 Å². The van der Waals surface area contributed by atoms with Crippen LogP contribution in [0, 0.1) is 11.6 Å². The van der Waals surface area contributed by atoms with Crippen molar-refractivity contribution in [1.29, 1.82) is 0 Å². The molecule has 1 aromatic heterocycles. The molecular formula is C21H22F2N4O3S. The maximum Gasteiger partial charge on any atom is 0.240 e. The molecule has 0 saturated heterocycles. The summed E-state index contributed by atoms with van der Waals surface area (Å²) in [6, 6.07) is 6.30. The topological polar surface area (TPSA) is 107 Å². The molecule has 3 aromatic rings. The number of anilines is 1. The summed E-state index contributed by atoms with van der Waals surface area (Å²) < 4.78 is 52.7. The number of nitrogens with one attached hydrogen (secondary N) is 1. The lowest BCUT2D eigenvalue weighted by molar-refractivity contribution is -0.115. The van der Waals surface area contributed by atoms with E-state index in [9.17, 15) is 22.0 Å². The van der Waals surface area contributed by atoms with Gasteiger partial charge in [0.2, 0.25) is 15.9 Å². The van der Waals surface area contributed by atoms with E-state index in [2.05, 4.69) is 10.4 Å². The molecule has 0 unspecified atom stereocenters. The molecule has 0 spiro atoms. The summed E-state index contributed by atoms with van der Waals surface area (Å²) in [5.41, 5.74) is 2.22. The molecular weight excluding hydrogens is 426 g/mol. The SMILES string of the molecule is CCc1cnn(-c2ccc(NC(=O)Cc3cc(F)c(F)cc3CC)cc2S(N)(=O)=O)c1. The van der Waals surface area contributed by atoms with Gasteiger partial charge in [-0.1, -0.05) is 13.8 Å². The second-order valence-corrected chi connectivity index (χ2v) is 8.52. The number of benzene rings is 2. The Morgan fingerprint density at radius 3 is 2.35 bits per heavy atom. The standard InChI is InChI=1S/C21H22F2N4O3S/c1-3-13-11-25-27(12-13)19-6-5-16(10-20(19)31(24,29)30)26-21(28)9-15-8-18(23)17(22)7-14(15)4-2/h5-8,10-12H,3-4,9H2,1-2H3,(H,26,28)(H2,24,29,30). The second-order valence-electron chi connectivity index (χ2n) is 6.99. The van der Waals surface area contributed by atoms with Crippen molar-refractivity contribution in [3.8, 4) is 5.69 Å². The molecule has 2 aromatic carbocycles. The minimum atomic E-state index is -4.12. The van der Waals surface area contributed by atoms with E-state index in [0.717, 1.165) is 24.1 Å². The molecule has 0 radical (unpaired) electrons. The zero-order valence-electron chi connectivity index (χ0n) is 17.0. The van der Waals surface area contributed by atoms with Crippen molar-refractivity contribution in [2.75, 3.05) is 5.32 Å². The van der Waals surface area contributed by atoms with E-state index in [4.69, 9.17) is 5.14 Å². The van der Waals surface area contributed by atoms with Crippen LogP contribution in [0.15, 0.2) is 47.6 Å². The van der Waals surface area contributed by atoms with Crippen molar-refractivity contribution in [3.63, 3.8) is 0 Å². The van der Waals surface area contributed by atoms with Crippen LogP contribution in [0.5, 0.6) is 0 Å².